The van der Waals surface area contributed by atoms with Gasteiger partial charge in [-0.25, -0.2) is 14.8 Å². The van der Waals surface area contributed by atoms with E-state index in [1.54, 1.807) is 41.3 Å². The first-order chi connectivity index (χ1) is 20.7. The molecule has 3 amide bonds. The zero-order valence-electron chi connectivity index (χ0n) is 23.6. The lowest BCUT2D eigenvalue weighted by molar-refractivity contribution is -0.141. The monoisotopic (exact) mass is 618 g/mol. The number of alkyl halides is 3. The van der Waals surface area contributed by atoms with Crippen molar-refractivity contribution in [3.05, 3.63) is 65.0 Å². The fourth-order valence-electron chi connectivity index (χ4n) is 5.53. The Morgan fingerprint density at radius 3 is 2.35 bits per heavy atom. The molecule has 0 unspecified atom stereocenters. The van der Waals surface area contributed by atoms with Crippen LogP contribution in [-0.4, -0.2) is 53.0 Å². The van der Waals surface area contributed by atoms with E-state index >= 15 is 0 Å². The van der Waals surface area contributed by atoms with Crippen molar-refractivity contribution in [2.45, 2.75) is 57.5 Å². The average Bonchev–Trinajstić information content (AvgIpc) is 3.28. The number of oxazole rings is 1. The fourth-order valence-corrected chi connectivity index (χ4v) is 5.71. The third-order valence-electron chi connectivity index (χ3n) is 7.90. The van der Waals surface area contributed by atoms with E-state index in [1.807, 2.05) is 4.90 Å². The van der Waals surface area contributed by atoms with E-state index in [2.05, 4.69) is 20.6 Å². The zero-order chi connectivity index (χ0) is 30.4. The van der Waals surface area contributed by atoms with Gasteiger partial charge in [-0.3, -0.25) is 4.79 Å². The predicted octanol–water partition coefficient (Wildman–Crippen LogP) is 7.25. The highest BCUT2D eigenvalue weighted by molar-refractivity contribution is 6.33. The van der Waals surface area contributed by atoms with E-state index in [9.17, 15) is 22.8 Å². The molecule has 1 saturated carbocycles. The number of piperazine rings is 1. The van der Waals surface area contributed by atoms with Crippen molar-refractivity contribution in [2.75, 3.05) is 41.7 Å². The smallest absolute Gasteiger partial charge is 0.435 e. The largest absolute Gasteiger partial charge is 0.437 e. The Kier molecular flexibility index (Phi) is 9.74. The zero-order valence-corrected chi connectivity index (χ0v) is 24.4. The van der Waals surface area contributed by atoms with Crippen LogP contribution in [0.5, 0.6) is 0 Å². The molecule has 13 heteroatoms. The van der Waals surface area contributed by atoms with Crippen LogP contribution in [0.25, 0.3) is 0 Å². The number of benzene rings is 1. The molecule has 2 aliphatic rings. The molecular weight excluding hydrogens is 585 g/mol. The number of carbonyl (C=O) groups excluding carboxylic acids is 2. The molecule has 43 heavy (non-hydrogen) atoms. The molecular formula is C30H34ClF3N6O3. The number of hydrogen-bond donors (Lipinski definition) is 2. The molecule has 3 heterocycles. The number of nitrogens with zero attached hydrogens (tertiary/aromatic N) is 4. The van der Waals surface area contributed by atoms with Gasteiger partial charge in [0.05, 0.1) is 22.6 Å². The van der Waals surface area contributed by atoms with E-state index in [0.29, 0.717) is 55.0 Å². The summed E-state index contributed by atoms with van der Waals surface area (Å²) in [5.41, 5.74) is -0.562. The SMILES string of the molecule is O=C(Nc1ccc(N2CCN(C(=O)Nc3ccccc3Cl)CC2)nc1)c1oc(CCC2CCCCCC2)nc1C(F)(F)F. The molecule has 1 aliphatic carbocycles. The summed E-state index contributed by atoms with van der Waals surface area (Å²) in [7, 11) is 0. The Hall–Kier alpha value is -3.80. The Labute approximate surface area is 252 Å². The highest BCUT2D eigenvalue weighted by atomic mass is 35.5. The van der Waals surface area contributed by atoms with Crippen molar-refractivity contribution in [2.24, 2.45) is 5.92 Å². The minimum absolute atomic E-state index is 0.0742. The van der Waals surface area contributed by atoms with Gasteiger partial charge in [-0.2, -0.15) is 13.2 Å². The number of anilines is 3. The summed E-state index contributed by atoms with van der Waals surface area (Å²) >= 11 is 6.13. The maximum atomic E-state index is 13.7. The maximum Gasteiger partial charge on any atom is 0.437 e. The number of aryl methyl sites for hydroxylation is 1. The summed E-state index contributed by atoms with van der Waals surface area (Å²) < 4.78 is 46.5. The molecule has 5 rings (SSSR count). The molecule has 0 spiro atoms. The van der Waals surface area contributed by atoms with E-state index < -0.39 is 23.5 Å². The molecule has 1 aromatic carbocycles. The Bertz CT molecular complexity index is 1400. The van der Waals surface area contributed by atoms with Crippen molar-refractivity contribution in [3.63, 3.8) is 0 Å². The quantitative estimate of drug-likeness (QED) is 0.270. The predicted molar refractivity (Wildman–Crippen MR) is 157 cm³/mol. The topological polar surface area (TPSA) is 104 Å². The third kappa shape index (κ3) is 7.98. The van der Waals surface area contributed by atoms with E-state index in [-0.39, 0.29) is 24.0 Å². The van der Waals surface area contributed by atoms with Gasteiger partial charge in [-0.05, 0) is 36.6 Å². The van der Waals surface area contributed by atoms with Crippen LogP contribution in [-0.2, 0) is 12.6 Å². The minimum atomic E-state index is -4.83. The lowest BCUT2D eigenvalue weighted by Gasteiger charge is -2.35. The van der Waals surface area contributed by atoms with Crippen molar-refractivity contribution < 1.29 is 27.2 Å². The summed E-state index contributed by atoms with van der Waals surface area (Å²) in [6.07, 6.45) is 4.23. The number of nitrogens with one attached hydrogen (secondary N) is 2. The Balaban J connectivity index is 1.16. The molecule has 2 N–H and O–H groups in total. The van der Waals surface area contributed by atoms with Crippen LogP contribution in [0.15, 0.2) is 47.0 Å². The highest BCUT2D eigenvalue weighted by Gasteiger charge is 2.41. The number of hydrogen-bond acceptors (Lipinski definition) is 6. The Morgan fingerprint density at radius 2 is 1.70 bits per heavy atom. The molecule has 0 atom stereocenters. The summed E-state index contributed by atoms with van der Waals surface area (Å²) in [4.78, 5) is 37.2. The standard InChI is InChI=1S/C30H34ClF3N6O3/c31-22-9-5-6-10-23(22)37-29(42)40-17-15-39(16-18-40)24-13-12-21(19-35-24)36-28(41)26-27(30(32,33)34)38-25(43-26)14-11-20-7-3-1-2-4-8-20/h5-6,9-10,12-13,19-20H,1-4,7-8,11,14-18H2,(H,36,41)(H,37,42). The summed E-state index contributed by atoms with van der Waals surface area (Å²) in [5.74, 6) is -0.915. The molecule has 0 radical (unpaired) electrons. The van der Waals surface area contributed by atoms with Crippen LogP contribution in [0, 0.1) is 5.92 Å². The number of amides is 3. The van der Waals surface area contributed by atoms with Gasteiger partial charge in [0.15, 0.2) is 11.6 Å². The fraction of sp³-hybridized carbons (Fsp3) is 0.467. The number of para-hydroxylation sites is 1. The number of carbonyl (C=O) groups is 2. The molecule has 230 valence electrons. The molecule has 1 saturated heterocycles. The summed E-state index contributed by atoms with van der Waals surface area (Å²) in [6.45, 7) is 1.94. The van der Waals surface area contributed by atoms with Crippen molar-refractivity contribution in [1.82, 2.24) is 14.9 Å². The first-order valence-corrected chi connectivity index (χ1v) is 14.9. The first kappa shape index (κ1) is 30.7. The second-order valence-corrected chi connectivity index (χ2v) is 11.3. The molecule has 9 nitrogen and oxygen atoms in total. The van der Waals surface area contributed by atoms with Gasteiger partial charge in [0.2, 0.25) is 5.76 Å². The van der Waals surface area contributed by atoms with Gasteiger partial charge in [0.1, 0.15) is 5.82 Å². The van der Waals surface area contributed by atoms with Crippen LogP contribution in [0.1, 0.15) is 67.1 Å². The maximum absolute atomic E-state index is 13.7. The summed E-state index contributed by atoms with van der Waals surface area (Å²) in [5, 5.41) is 5.72. The lowest BCUT2D eigenvalue weighted by atomic mass is 9.95. The van der Waals surface area contributed by atoms with Crippen LogP contribution in [0.3, 0.4) is 0 Å². The Morgan fingerprint density at radius 1 is 0.977 bits per heavy atom. The van der Waals surface area contributed by atoms with Crippen molar-refractivity contribution in [1.29, 1.82) is 0 Å². The number of pyridine rings is 1. The van der Waals surface area contributed by atoms with E-state index in [1.165, 1.54) is 19.0 Å². The lowest BCUT2D eigenvalue weighted by Crippen LogP contribution is -2.50. The number of halogens is 4. The number of rotatable bonds is 7. The molecule has 1 aliphatic heterocycles. The van der Waals surface area contributed by atoms with Gasteiger partial charge < -0.3 is 24.9 Å². The molecule has 2 aromatic heterocycles. The summed E-state index contributed by atoms with van der Waals surface area (Å²) in [6, 6.07) is 9.97. The molecule has 0 bridgehead atoms. The normalized spacial score (nSPS) is 16.6. The van der Waals surface area contributed by atoms with Crippen LogP contribution in [0.2, 0.25) is 5.02 Å². The van der Waals surface area contributed by atoms with E-state index in [0.717, 1.165) is 25.7 Å². The minimum Gasteiger partial charge on any atom is -0.435 e. The molecule has 2 fully saturated rings. The molecule has 3 aromatic rings. The van der Waals surface area contributed by atoms with Gasteiger partial charge in [-0.1, -0.05) is 62.3 Å². The second kappa shape index (κ2) is 13.7. The van der Waals surface area contributed by atoms with Gasteiger partial charge in [0.25, 0.3) is 5.91 Å². The van der Waals surface area contributed by atoms with Gasteiger partial charge >= 0.3 is 12.2 Å². The van der Waals surface area contributed by atoms with Gasteiger partial charge in [-0.15, -0.1) is 0 Å². The second-order valence-electron chi connectivity index (χ2n) is 10.9. The van der Waals surface area contributed by atoms with Crippen LogP contribution < -0.4 is 15.5 Å². The van der Waals surface area contributed by atoms with Gasteiger partial charge in [0, 0.05) is 32.6 Å². The van der Waals surface area contributed by atoms with Crippen molar-refractivity contribution >= 4 is 40.7 Å². The highest BCUT2D eigenvalue weighted by Crippen LogP contribution is 2.34. The third-order valence-corrected chi connectivity index (χ3v) is 8.23. The first-order valence-electron chi connectivity index (χ1n) is 14.6. The van der Waals surface area contributed by atoms with Crippen LogP contribution in [0.4, 0.5) is 35.2 Å². The van der Waals surface area contributed by atoms with E-state index in [4.69, 9.17) is 16.0 Å². The van der Waals surface area contributed by atoms with Crippen LogP contribution >= 0.6 is 11.6 Å². The number of aromatic nitrogens is 2. The van der Waals surface area contributed by atoms with Crippen molar-refractivity contribution in [3.8, 4) is 0 Å². The number of urea groups is 1. The average molecular weight is 619 g/mol.